The van der Waals surface area contributed by atoms with Crippen molar-refractivity contribution >= 4 is 23.0 Å². The lowest BCUT2D eigenvalue weighted by atomic mass is 9.76. The van der Waals surface area contributed by atoms with E-state index in [2.05, 4.69) is 116 Å². The third kappa shape index (κ3) is 2.37. The highest BCUT2D eigenvalue weighted by atomic mass is 31.3. The second-order valence-electron chi connectivity index (χ2n) is 14.2. The van der Waals surface area contributed by atoms with Crippen LogP contribution >= 0.6 is 23.0 Å². The third-order valence-corrected chi connectivity index (χ3v) is 27.1. The topological polar surface area (TPSA) is 17.1 Å². The Kier molecular flexibility index (Phi) is 4.71. The zero-order valence-electron chi connectivity index (χ0n) is 22.7. The lowest BCUT2D eigenvalue weighted by molar-refractivity contribution is 0.347. The van der Waals surface area contributed by atoms with Gasteiger partial charge in [-0.2, -0.15) is 0 Å². The Morgan fingerprint density at radius 1 is 0.800 bits per heavy atom. The first-order chi connectivity index (χ1) is 16.2. The smallest absolute Gasteiger partial charge is 0.178 e. The van der Waals surface area contributed by atoms with E-state index < -0.39 is 15.1 Å². The maximum atomic E-state index is 16.2. The molecule has 0 radical (unpaired) electrons. The number of hydrogen-bond acceptors (Lipinski definition) is 1. The molecule has 4 heteroatoms. The van der Waals surface area contributed by atoms with Gasteiger partial charge in [0.1, 0.15) is 0 Å². The van der Waals surface area contributed by atoms with E-state index in [0.717, 1.165) is 5.56 Å². The van der Waals surface area contributed by atoms with Gasteiger partial charge < -0.3 is 4.57 Å². The van der Waals surface area contributed by atoms with E-state index in [0.29, 0.717) is 11.1 Å². The predicted molar refractivity (Wildman–Crippen MR) is 154 cm³/mol. The zero-order chi connectivity index (χ0) is 25.4. The van der Waals surface area contributed by atoms with Crippen molar-refractivity contribution in [1.82, 2.24) is 0 Å². The highest BCUT2D eigenvalue weighted by molar-refractivity contribution is 8.11. The summed E-state index contributed by atoms with van der Waals surface area (Å²) < 4.78 is 16.2. The van der Waals surface area contributed by atoms with Crippen LogP contribution in [0.25, 0.3) is 0 Å². The van der Waals surface area contributed by atoms with Gasteiger partial charge in [-0.15, -0.1) is 0 Å². The molecule has 4 aliphatic heterocycles. The lowest BCUT2D eigenvalue weighted by Gasteiger charge is -2.51. The largest absolute Gasteiger partial charge is 0.308 e. The van der Waals surface area contributed by atoms with Crippen molar-refractivity contribution < 1.29 is 4.57 Å². The van der Waals surface area contributed by atoms with E-state index in [1.165, 1.54) is 5.56 Å². The Balaban J connectivity index is 1.72. The van der Waals surface area contributed by atoms with Crippen molar-refractivity contribution in [1.29, 1.82) is 0 Å². The first-order valence-electron chi connectivity index (χ1n) is 13.0. The second-order valence-corrected chi connectivity index (χ2v) is 23.3. The Labute approximate surface area is 215 Å². The summed E-state index contributed by atoms with van der Waals surface area (Å²) in [5, 5.41) is 0.747. The van der Waals surface area contributed by atoms with Crippen LogP contribution in [0.2, 0.25) is 0 Å². The molecule has 4 aliphatic rings. The summed E-state index contributed by atoms with van der Waals surface area (Å²) in [6.45, 7) is 21.7. The molecule has 4 heterocycles. The van der Waals surface area contributed by atoms with Crippen LogP contribution < -0.4 is 0 Å². The molecular weight excluding hydrogens is 481 g/mol. The standard InChI is InChI=1S/C31H39OP3/c1-26(2,3)25-33-24-29(23-18-14-11-15-19-23)31(34(25)29,28(7,8)9)35(32,30(24,33)27(4,5)6)21-20-22-16-12-10-13-17-22/h10-19,24-25H,1-9H3/t24-,25-,29+,30-,31-,33?,34?,35+/m0/s1. The molecule has 0 spiro atoms. The molecule has 0 aromatic heterocycles. The molecule has 1 nitrogen and oxygen atoms in total. The summed E-state index contributed by atoms with van der Waals surface area (Å²) in [5.74, 6) is 3.51. The molecule has 2 aromatic carbocycles. The fraction of sp³-hybridized carbons (Fsp3) is 0.548. The minimum absolute atomic E-state index is 0.0390. The van der Waals surface area contributed by atoms with Crippen molar-refractivity contribution in [2.75, 3.05) is 0 Å². The first kappa shape index (κ1) is 24.4. The molecule has 4 saturated heterocycles. The van der Waals surface area contributed by atoms with Crippen LogP contribution in [0.3, 0.4) is 0 Å². The summed E-state index contributed by atoms with van der Waals surface area (Å²) in [6, 6.07) is 21.6. The van der Waals surface area contributed by atoms with Crippen LogP contribution in [-0.4, -0.2) is 20.9 Å². The summed E-state index contributed by atoms with van der Waals surface area (Å²) in [4.78, 5) is -0.353. The van der Waals surface area contributed by atoms with Crippen molar-refractivity contribution in [2.45, 2.75) is 88.3 Å². The number of fused-ring (bicyclic) bond motifs is 2. The maximum Gasteiger partial charge on any atom is 0.178 e. The SMILES string of the molecule is CC(C)(C)[C@@H]1P2[C@]3(c4ccccc4)[C@@H]4P1[C@]4(C(C)(C)C)[P@](=O)(C#Cc1ccccc1)[C@]23C(C)(C)C. The summed E-state index contributed by atoms with van der Waals surface area (Å²) >= 11 is 0. The van der Waals surface area contributed by atoms with E-state index in [-0.39, 0.29) is 39.1 Å². The Bertz CT molecular complexity index is 1320. The molecule has 0 N–H and O–H groups in total. The average molecular weight is 521 g/mol. The van der Waals surface area contributed by atoms with Gasteiger partial charge in [0.05, 0.1) is 9.79 Å². The monoisotopic (exact) mass is 520 g/mol. The molecule has 0 bridgehead atoms. The highest BCUT2D eigenvalue weighted by Gasteiger charge is 3.12. The Morgan fingerprint density at radius 3 is 1.83 bits per heavy atom. The van der Waals surface area contributed by atoms with E-state index in [4.69, 9.17) is 0 Å². The van der Waals surface area contributed by atoms with Crippen molar-refractivity contribution in [3.05, 3.63) is 71.8 Å². The predicted octanol–water partition coefficient (Wildman–Crippen LogP) is 9.50. The van der Waals surface area contributed by atoms with Gasteiger partial charge in [-0.05, 0) is 39.6 Å². The van der Waals surface area contributed by atoms with Crippen molar-refractivity contribution in [3.63, 3.8) is 0 Å². The maximum absolute atomic E-state index is 16.2. The minimum atomic E-state index is -2.92. The third-order valence-electron chi connectivity index (χ3n) is 9.30. The molecule has 0 aliphatic carbocycles. The van der Waals surface area contributed by atoms with Crippen molar-refractivity contribution in [2.24, 2.45) is 16.2 Å². The summed E-state index contributed by atoms with van der Waals surface area (Å²) in [6.07, 6.45) is 0. The van der Waals surface area contributed by atoms with Gasteiger partial charge in [-0.1, -0.05) is 133 Å². The molecule has 6 rings (SSSR count). The molecule has 0 saturated carbocycles. The molecule has 184 valence electrons. The van der Waals surface area contributed by atoms with Crippen LogP contribution in [-0.2, 0) is 9.72 Å². The molecule has 2 aromatic rings. The summed E-state index contributed by atoms with van der Waals surface area (Å²) in [5.41, 5.74) is 6.83. The summed E-state index contributed by atoms with van der Waals surface area (Å²) in [7, 11) is -3.74. The van der Waals surface area contributed by atoms with Gasteiger partial charge in [0.15, 0.2) is 7.14 Å². The van der Waals surface area contributed by atoms with Gasteiger partial charge in [-0.3, -0.25) is 0 Å². The van der Waals surface area contributed by atoms with Gasteiger partial charge in [-0.25, -0.2) is 0 Å². The number of rotatable bonds is 1. The van der Waals surface area contributed by atoms with Crippen LogP contribution in [0.15, 0.2) is 60.7 Å². The van der Waals surface area contributed by atoms with E-state index >= 15 is 4.57 Å². The fourth-order valence-electron chi connectivity index (χ4n) is 8.80. The molecular formula is C31H39OP3. The van der Waals surface area contributed by atoms with Gasteiger partial charge in [0.25, 0.3) is 0 Å². The second kappa shape index (κ2) is 6.74. The molecule has 2 unspecified atom stereocenters. The normalized spacial score (nSPS) is 42.8. The van der Waals surface area contributed by atoms with Crippen LogP contribution in [0, 0.1) is 27.8 Å². The fourth-order valence-corrected chi connectivity index (χ4v) is 33.6. The van der Waals surface area contributed by atoms with Gasteiger partial charge in [0, 0.05) is 21.8 Å². The molecule has 35 heavy (non-hydrogen) atoms. The number of benzene rings is 2. The highest BCUT2D eigenvalue weighted by Crippen LogP contribution is 3.29. The van der Waals surface area contributed by atoms with Crippen molar-refractivity contribution in [3.8, 4) is 11.6 Å². The van der Waals surface area contributed by atoms with Gasteiger partial charge >= 0.3 is 0 Å². The molecule has 4 fully saturated rings. The quantitative estimate of drug-likeness (QED) is 0.270. The van der Waals surface area contributed by atoms with Crippen LogP contribution in [0.5, 0.6) is 0 Å². The minimum Gasteiger partial charge on any atom is -0.308 e. The lowest BCUT2D eigenvalue weighted by Crippen LogP contribution is -2.41. The number of hydrogen-bond donors (Lipinski definition) is 0. The van der Waals surface area contributed by atoms with E-state index in [1.54, 1.807) is 0 Å². The van der Waals surface area contributed by atoms with Gasteiger partial charge in [0.2, 0.25) is 0 Å². The molecule has 0 amide bonds. The first-order valence-corrected chi connectivity index (χ1v) is 17.6. The van der Waals surface area contributed by atoms with Crippen LogP contribution in [0.1, 0.15) is 73.4 Å². The van der Waals surface area contributed by atoms with E-state index in [1.807, 2.05) is 18.2 Å². The Hall–Kier alpha value is -0.910. The Morgan fingerprint density at radius 2 is 1.34 bits per heavy atom. The van der Waals surface area contributed by atoms with E-state index in [9.17, 15) is 0 Å². The molecule has 8 atom stereocenters. The average Bonchev–Trinajstić information content (AvgIpc) is 3.59. The van der Waals surface area contributed by atoms with Crippen LogP contribution in [0.4, 0.5) is 0 Å². The zero-order valence-corrected chi connectivity index (χ0v) is 25.4.